The molecular weight excluding hydrogens is 332 g/mol. The van der Waals surface area contributed by atoms with Crippen LogP contribution in [0.1, 0.15) is 23.3 Å². The highest BCUT2D eigenvalue weighted by Crippen LogP contribution is 2.13. The van der Waals surface area contributed by atoms with Crippen molar-refractivity contribution in [1.29, 1.82) is 0 Å². The van der Waals surface area contributed by atoms with Crippen molar-refractivity contribution in [3.05, 3.63) is 58.3 Å². The summed E-state index contributed by atoms with van der Waals surface area (Å²) >= 11 is 1.70. The van der Waals surface area contributed by atoms with Crippen LogP contribution in [0.15, 0.2) is 47.8 Å². The summed E-state index contributed by atoms with van der Waals surface area (Å²) in [5.74, 6) is 0.352. The normalized spacial score (nSPS) is 15.0. The molecule has 1 aromatic heterocycles. The van der Waals surface area contributed by atoms with Crippen LogP contribution < -0.4 is 0 Å². The molecule has 25 heavy (non-hydrogen) atoms. The molecule has 4 nitrogen and oxygen atoms in total. The number of rotatable bonds is 5. The number of aryl methyl sites for hydroxylation is 1. The Balaban J connectivity index is 1.48. The number of carbonyl (C=O) groups is 2. The number of amides is 2. The molecule has 3 rings (SSSR count). The fourth-order valence-electron chi connectivity index (χ4n) is 3.14. The van der Waals surface area contributed by atoms with E-state index in [9.17, 15) is 9.59 Å². The highest BCUT2D eigenvalue weighted by Gasteiger charge is 2.21. The van der Waals surface area contributed by atoms with E-state index in [1.165, 1.54) is 4.88 Å². The molecule has 0 atom stereocenters. The van der Waals surface area contributed by atoms with Gasteiger partial charge in [0.05, 0.1) is 6.42 Å². The van der Waals surface area contributed by atoms with Crippen LogP contribution >= 0.6 is 11.3 Å². The fraction of sp³-hybridized carbons (Fsp3) is 0.400. The molecule has 0 N–H and O–H groups in total. The van der Waals surface area contributed by atoms with E-state index in [0.29, 0.717) is 25.9 Å². The summed E-state index contributed by atoms with van der Waals surface area (Å²) in [6, 6.07) is 13.9. The van der Waals surface area contributed by atoms with Gasteiger partial charge in [0, 0.05) is 37.5 Å². The van der Waals surface area contributed by atoms with Crippen molar-refractivity contribution in [1.82, 2.24) is 9.80 Å². The standard InChI is InChI=1S/C20H24N2O2S/c23-19(10-9-18-8-4-15-25-18)21-11-5-12-22(14-13-21)20(24)16-17-6-2-1-3-7-17/h1-4,6-8,15H,5,9-14,16H2. The monoisotopic (exact) mass is 356 g/mol. The summed E-state index contributed by atoms with van der Waals surface area (Å²) in [6.07, 6.45) is 2.65. The summed E-state index contributed by atoms with van der Waals surface area (Å²) in [7, 11) is 0. The predicted molar refractivity (Wildman–Crippen MR) is 101 cm³/mol. The maximum Gasteiger partial charge on any atom is 0.227 e. The van der Waals surface area contributed by atoms with Crippen molar-refractivity contribution in [2.75, 3.05) is 26.2 Å². The molecule has 2 heterocycles. The number of benzene rings is 1. The second-order valence-corrected chi connectivity index (χ2v) is 7.39. The van der Waals surface area contributed by atoms with Crippen LogP contribution in [0.3, 0.4) is 0 Å². The van der Waals surface area contributed by atoms with E-state index in [1.807, 2.05) is 51.6 Å². The highest BCUT2D eigenvalue weighted by atomic mass is 32.1. The van der Waals surface area contributed by atoms with Gasteiger partial charge in [0.25, 0.3) is 0 Å². The summed E-state index contributed by atoms with van der Waals surface area (Å²) in [5.41, 5.74) is 1.04. The zero-order valence-corrected chi connectivity index (χ0v) is 15.2. The number of hydrogen-bond acceptors (Lipinski definition) is 3. The van der Waals surface area contributed by atoms with E-state index in [2.05, 4.69) is 6.07 Å². The molecule has 0 aliphatic carbocycles. The SMILES string of the molecule is O=C(CCc1cccs1)N1CCCN(C(=O)Cc2ccccc2)CC1. The van der Waals surface area contributed by atoms with Crippen LogP contribution in [0, 0.1) is 0 Å². The van der Waals surface area contributed by atoms with Gasteiger partial charge in [0.1, 0.15) is 0 Å². The average molecular weight is 356 g/mol. The Labute approximate surface area is 153 Å². The van der Waals surface area contributed by atoms with Crippen LogP contribution in [-0.4, -0.2) is 47.8 Å². The molecule has 0 radical (unpaired) electrons. The Morgan fingerprint density at radius 3 is 2.28 bits per heavy atom. The van der Waals surface area contributed by atoms with Crippen LogP contribution in [0.25, 0.3) is 0 Å². The molecule has 0 saturated carbocycles. The van der Waals surface area contributed by atoms with Gasteiger partial charge in [-0.15, -0.1) is 11.3 Å². The highest BCUT2D eigenvalue weighted by molar-refractivity contribution is 7.09. The number of nitrogens with zero attached hydrogens (tertiary/aromatic N) is 2. The average Bonchev–Trinajstić information content (AvgIpc) is 3.02. The van der Waals surface area contributed by atoms with Gasteiger partial charge in [-0.25, -0.2) is 0 Å². The third-order valence-corrected chi connectivity index (χ3v) is 5.50. The first-order valence-electron chi connectivity index (χ1n) is 8.84. The Hall–Kier alpha value is -2.14. The maximum absolute atomic E-state index is 12.5. The van der Waals surface area contributed by atoms with Gasteiger partial charge in [-0.3, -0.25) is 9.59 Å². The summed E-state index contributed by atoms with van der Waals surface area (Å²) in [4.78, 5) is 30.0. The minimum Gasteiger partial charge on any atom is -0.341 e. The fourth-order valence-corrected chi connectivity index (χ4v) is 3.85. The van der Waals surface area contributed by atoms with Crippen LogP contribution in [0.4, 0.5) is 0 Å². The van der Waals surface area contributed by atoms with Gasteiger partial charge in [-0.2, -0.15) is 0 Å². The lowest BCUT2D eigenvalue weighted by atomic mass is 10.1. The van der Waals surface area contributed by atoms with Gasteiger partial charge in [-0.1, -0.05) is 36.4 Å². The maximum atomic E-state index is 12.5. The Morgan fingerprint density at radius 2 is 1.60 bits per heavy atom. The molecule has 1 aliphatic rings. The lowest BCUT2D eigenvalue weighted by Crippen LogP contribution is -2.38. The molecule has 1 aliphatic heterocycles. The molecule has 0 spiro atoms. The Morgan fingerprint density at radius 1 is 0.880 bits per heavy atom. The largest absolute Gasteiger partial charge is 0.341 e. The van der Waals surface area contributed by atoms with E-state index >= 15 is 0 Å². The minimum atomic E-state index is 0.152. The smallest absolute Gasteiger partial charge is 0.227 e. The topological polar surface area (TPSA) is 40.6 Å². The van der Waals surface area contributed by atoms with Gasteiger partial charge in [-0.05, 0) is 29.9 Å². The summed E-state index contributed by atoms with van der Waals surface area (Å²) in [6.45, 7) is 2.76. The summed E-state index contributed by atoms with van der Waals surface area (Å²) in [5, 5.41) is 2.04. The zero-order valence-electron chi connectivity index (χ0n) is 14.4. The molecule has 132 valence electrons. The molecule has 0 unspecified atom stereocenters. The molecule has 5 heteroatoms. The van der Waals surface area contributed by atoms with Crippen molar-refractivity contribution in [2.45, 2.75) is 25.7 Å². The molecular formula is C20H24N2O2S. The van der Waals surface area contributed by atoms with Gasteiger partial charge >= 0.3 is 0 Å². The predicted octanol–water partition coefficient (Wildman–Crippen LogP) is 2.98. The third-order valence-electron chi connectivity index (χ3n) is 4.56. The number of carbonyl (C=O) groups excluding carboxylic acids is 2. The Kier molecular flexibility index (Phi) is 6.23. The Bertz CT molecular complexity index is 685. The summed E-state index contributed by atoms with van der Waals surface area (Å²) < 4.78 is 0. The van der Waals surface area contributed by atoms with Crippen LogP contribution in [0.2, 0.25) is 0 Å². The van der Waals surface area contributed by atoms with E-state index in [-0.39, 0.29) is 11.8 Å². The van der Waals surface area contributed by atoms with Gasteiger partial charge < -0.3 is 9.80 Å². The lowest BCUT2D eigenvalue weighted by molar-refractivity contribution is -0.133. The van der Waals surface area contributed by atoms with E-state index in [1.54, 1.807) is 11.3 Å². The van der Waals surface area contributed by atoms with E-state index < -0.39 is 0 Å². The molecule has 0 bridgehead atoms. The quantitative estimate of drug-likeness (QED) is 0.826. The van der Waals surface area contributed by atoms with Crippen molar-refractivity contribution in [3.8, 4) is 0 Å². The van der Waals surface area contributed by atoms with Crippen molar-refractivity contribution in [3.63, 3.8) is 0 Å². The molecule has 1 fully saturated rings. The lowest BCUT2D eigenvalue weighted by Gasteiger charge is -2.22. The molecule has 2 aromatic rings. The minimum absolute atomic E-state index is 0.152. The van der Waals surface area contributed by atoms with E-state index in [0.717, 1.165) is 31.5 Å². The van der Waals surface area contributed by atoms with Crippen LogP contribution in [-0.2, 0) is 22.4 Å². The van der Waals surface area contributed by atoms with Gasteiger partial charge in [0.15, 0.2) is 0 Å². The number of thiophene rings is 1. The van der Waals surface area contributed by atoms with Crippen molar-refractivity contribution >= 4 is 23.2 Å². The zero-order chi connectivity index (χ0) is 17.5. The van der Waals surface area contributed by atoms with Gasteiger partial charge in [0.2, 0.25) is 11.8 Å². The van der Waals surface area contributed by atoms with Crippen LogP contribution in [0.5, 0.6) is 0 Å². The first kappa shape index (κ1) is 17.7. The third kappa shape index (κ3) is 5.16. The first-order valence-corrected chi connectivity index (χ1v) is 9.72. The molecule has 1 saturated heterocycles. The first-order chi connectivity index (χ1) is 12.2. The van der Waals surface area contributed by atoms with Crippen molar-refractivity contribution < 1.29 is 9.59 Å². The second-order valence-electron chi connectivity index (χ2n) is 6.36. The van der Waals surface area contributed by atoms with E-state index in [4.69, 9.17) is 0 Å². The number of hydrogen-bond donors (Lipinski definition) is 0. The second kappa shape index (κ2) is 8.81. The molecule has 1 aromatic carbocycles. The van der Waals surface area contributed by atoms with Crippen molar-refractivity contribution in [2.24, 2.45) is 0 Å². The molecule has 2 amide bonds.